The van der Waals surface area contributed by atoms with E-state index < -0.39 is 0 Å². The van der Waals surface area contributed by atoms with Gasteiger partial charge in [-0.15, -0.1) is 11.3 Å². The number of thiophene rings is 1. The quantitative estimate of drug-likeness (QED) is 0.764. The Bertz CT molecular complexity index is 404. The van der Waals surface area contributed by atoms with Gasteiger partial charge in [0, 0.05) is 6.42 Å². The van der Waals surface area contributed by atoms with Crippen LogP contribution in [0.15, 0.2) is 12.1 Å². The summed E-state index contributed by atoms with van der Waals surface area (Å²) in [6.07, 6.45) is 0.869. The monoisotopic (exact) mass is 194 g/mol. The van der Waals surface area contributed by atoms with E-state index in [2.05, 4.69) is 15.2 Å². The minimum absolute atomic E-state index is 0.735. The maximum absolute atomic E-state index is 5.61. The van der Waals surface area contributed by atoms with Crippen LogP contribution in [0.25, 0.3) is 10.7 Å². The van der Waals surface area contributed by atoms with Crippen molar-refractivity contribution in [1.82, 2.24) is 15.2 Å². The van der Waals surface area contributed by atoms with Crippen molar-refractivity contribution < 1.29 is 0 Å². The van der Waals surface area contributed by atoms with Gasteiger partial charge in [0.15, 0.2) is 5.82 Å². The fourth-order valence-electron chi connectivity index (χ4n) is 1.04. The molecule has 0 aliphatic carbocycles. The van der Waals surface area contributed by atoms with Crippen LogP contribution in [0.5, 0.6) is 0 Å². The molecule has 5 heteroatoms. The largest absolute Gasteiger partial charge is 0.391 e. The summed E-state index contributed by atoms with van der Waals surface area (Å²) in [5.41, 5.74) is 5.61. The van der Waals surface area contributed by atoms with Gasteiger partial charge < -0.3 is 5.73 Å². The summed E-state index contributed by atoms with van der Waals surface area (Å²) in [6, 6.07) is 3.80. The standard InChI is InChI=1S/C8H10N4S/c1-2-7-10-8(12-11-7)5-3-4-6(9)13-5/h3-4H,2,9H2,1H3,(H,10,11,12). The zero-order valence-corrected chi connectivity index (χ0v) is 8.06. The zero-order chi connectivity index (χ0) is 9.26. The van der Waals surface area contributed by atoms with Crippen molar-refractivity contribution in [1.29, 1.82) is 0 Å². The first-order valence-electron chi connectivity index (χ1n) is 4.06. The average molecular weight is 194 g/mol. The highest BCUT2D eigenvalue weighted by molar-refractivity contribution is 7.19. The Balaban J connectivity index is 2.35. The maximum Gasteiger partial charge on any atom is 0.191 e. The molecule has 13 heavy (non-hydrogen) atoms. The van der Waals surface area contributed by atoms with Crippen molar-refractivity contribution in [3.8, 4) is 10.7 Å². The number of rotatable bonds is 2. The highest BCUT2D eigenvalue weighted by Gasteiger charge is 2.06. The topological polar surface area (TPSA) is 67.6 Å². The van der Waals surface area contributed by atoms with Gasteiger partial charge in [0.1, 0.15) is 5.82 Å². The van der Waals surface area contributed by atoms with Gasteiger partial charge in [0.05, 0.1) is 9.88 Å². The fraction of sp³-hybridized carbons (Fsp3) is 0.250. The zero-order valence-electron chi connectivity index (χ0n) is 7.24. The van der Waals surface area contributed by atoms with Crippen molar-refractivity contribution in [3.63, 3.8) is 0 Å². The SMILES string of the molecule is CCc1nc(-c2ccc(N)s2)n[nH]1. The first-order valence-corrected chi connectivity index (χ1v) is 4.88. The highest BCUT2D eigenvalue weighted by Crippen LogP contribution is 2.26. The second-order valence-corrected chi connectivity index (χ2v) is 3.78. The summed E-state index contributed by atoms with van der Waals surface area (Å²) in [5, 5.41) is 7.75. The molecule has 0 saturated carbocycles. The fourth-order valence-corrected chi connectivity index (χ4v) is 1.75. The second-order valence-electron chi connectivity index (χ2n) is 2.66. The molecule has 0 spiro atoms. The van der Waals surface area contributed by atoms with Crippen LogP contribution < -0.4 is 5.73 Å². The summed E-state index contributed by atoms with van der Waals surface area (Å²) >= 11 is 1.50. The van der Waals surface area contributed by atoms with E-state index in [1.54, 1.807) is 0 Å². The number of aromatic nitrogens is 3. The Morgan fingerprint density at radius 2 is 2.38 bits per heavy atom. The number of aryl methyl sites for hydroxylation is 1. The lowest BCUT2D eigenvalue weighted by atomic mass is 10.4. The molecule has 0 bridgehead atoms. The van der Waals surface area contributed by atoms with Crippen molar-refractivity contribution in [2.24, 2.45) is 0 Å². The van der Waals surface area contributed by atoms with Crippen LogP contribution in [0, 0.1) is 0 Å². The van der Waals surface area contributed by atoms with E-state index in [1.165, 1.54) is 11.3 Å². The van der Waals surface area contributed by atoms with E-state index in [0.29, 0.717) is 0 Å². The van der Waals surface area contributed by atoms with Crippen LogP contribution in [0.2, 0.25) is 0 Å². The van der Waals surface area contributed by atoms with E-state index in [4.69, 9.17) is 5.73 Å². The van der Waals surface area contributed by atoms with Gasteiger partial charge >= 0.3 is 0 Å². The van der Waals surface area contributed by atoms with Crippen LogP contribution in [-0.4, -0.2) is 15.2 Å². The van der Waals surface area contributed by atoms with Gasteiger partial charge in [-0.1, -0.05) is 6.92 Å². The minimum Gasteiger partial charge on any atom is -0.391 e. The molecular weight excluding hydrogens is 184 g/mol. The molecule has 2 aromatic rings. The van der Waals surface area contributed by atoms with Crippen LogP contribution in [0.3, 0.4) is 0 Å². The number of hydrogen-bond donors (Lipinski definition) is 2. The van der Waals surface area contributed by atoms with E-state index in [1.807, 2.05) is 19.1 Å². The molecule has 2 rings (SSSR count). The van der Waals surface area contributed by atoms with Crippen LogP contribution in [-0.2, 0) is 6.42 Å². The molecule has 0 aliphatic heterocycles. The number of nitrogens with two attached hydrogens (primary N) is 1. The molecular formula is C8H10N4S. The molecule has 0 aliphatic rings. The van der Waals surface area contributed by atoms with Gasteiger partial charge in [0.2, 0.25) is 0 Å². The van der Waals surface area contributed by atoms with Crippen molar-refractivity contribution in [2.75, 3.05) is 5.73 Å². The lowest BCUT2D eigenvalue weighted by Crippen LogP contribution is -1.80. The van der Waals surface area contributed by atoms with Gasteiger partial charge in [-0.05, 0) is 12.1 Å². The molecule has 0 radical (unpaired) electrons. The lowest BCUT2D eigenvalue weighted by molar-refractivity contribution is 0.946. The number of anilines is 1. The molecule has 0 saturated heterocycles. The van der Waals surface area contributed by atoms with E-state index >= 15 is 0 Å². The van der Waals surface area contributed by atoms with E-state index in [9.17, 15) is 0 Å². The molecule has 0 unspecified atom stereocenters. The van der Waals surface area contributed by atoms with Gasteiger partial charge in [-0.3, -0.25) is 5.10 Å². The third-order valence-electron chi connectivity index (χ3n) is 1.71. The molecule has 4 nitrogen and oxygen atoms in total. The predicted molar refractivity (Wildman–Crippen MR) is 53.5 cm³/mol. The number of hydrogen-bond acceptors (Lipinski definition) is 4. The smallest absolute Gasteiger partial charge is 0.191 e. The molecule has 2 aromatic heterocycles. The predicted octanol–water partition coefficient (Wildman–Crippen LogP) is 1.68. The Hall–Kier alpha value is -1.36. The average Bonchev–Trinajstić information content (AvgIpc) is 2.71. The van der Waals surface area contributed by atoms with Crippen LogP contribution in [0.1, 0.15) is 12.7 Å². The molecule has 3 N–H and O–H groups in total. The number of nitrogens with zero attached hydrogens (tertiary/aromatic N) is 2. The maximum atomic E-state index is 5.61. The molecule has 0 aromatic carbocycles. The number of nitrogen functional groups attached to an aromatic ring is 1. The van der Waals surface area contributed by atoms with Crippen molar-refractivity contribution >= 4 is 16.3 Å². The van der Waals surface area contributed by atoms with Gasteiger partial charge in [0.25, 0.3) is 0 Å². The molecule has 0 fully saturated rings. The number of H-pyrrole nitrogens is 1. The number of aromatic amines is 1. The normalized spacial score (nSPS) is 10.5. The molecule has 0 atom stereocenters. The van der Waals surface area contributed by atoms with Crippen molar-refractivity contribution in [3.05, 3.63) is 18.0 Å². The van der Waals surface area contributed by atoms with Crippen LogP contribution >= 0.6 is 11.3 Å². The third kappa shape index (κ3) is 1.55. The first-order chi connectivity index (χ1) is 6.29. The second kappa shape index (κ2) is 3.18. The Kier molecular flexibility index (Phi) is 2.02. The van der Waals surface area contributed by atoms with E-state index in [-0.39, 0.29) is 0 Å². The summed E-state index contributed by atoms with van der Waals surface area (Å²) in [4.78, 5) is 5.31. The Morgan fingerprint density at radius 1 is 1.54 bits per heavy atom. The number of nitrogens with one attached hydrogen (secondary N) is 1. The Morgan fingerprint density at radius 3 is 2.92 bits per heavy atom. The van der Waals surface area contributed by atoms with Crippen molar-refractivity contribution in [2.45, 2.75) is 13.3 Å². The minimum atomic E-state index is 0.735. The highest BCUT2D eigenvalue weighted by atomic mass is 32.1. The molecule has 68 valence electrons. The van der Waals surface area contributed by atoms with E-state index in [0.717, 1.165) is 27.9 Å². The first kappa shape index (κ1) is 8.25. The van der Waals surface area contributed by atoms with Gasteiger partial charge in [-0.25, -0.2) is 4.98 Å². The summed E-state index contributed by atoms with van der Waals surface area (Å²) in [7, 11) is 0. The molecule has 2 heterocycles. The summed E-state index contributed by atoms with van der Waals surface area (Å²) in [5.74, 6) is 1.64. The summed E-state index contributed by atoms with van der Waals surface area (Å²) < 4.78 is 0. The van der Waals surface area contributed by atoms with Crippen LogP contribution in [0.4, 0.5) is 5.00 Å². The Labute approximate surface area is 79.8 Å². The van der Waals surface area contributed by atoms with Gasteiger partial charge in [-0.2, -0.15) is 5.10 Å². The third-order valence-corrected chi connectivity index (χ3v) is 2.62. The summed E-state index contributed by atoms with van der Waals surface area (Å²) in [6.45, 7) is 2.03. The lowest BCUT2D eigenvalue weighted by Gasteiger charge is -1.84. The molecule has 0 amide bonds.